The van der Waals surface area contributed by atoms with Gasteiger partial charge in [0.2, 0.25) is 0 Å². The minimum atomic E-state index is 0.516. The Morgan fingerprint density at radius 2 is 1.81 bits per heavy atom. The van der Waals surface area contributed by atoms with Gasteiger partial charge < -0.3 is 0 Å². The summed E-state index contributed by atoms with van der Waals surface area (Å²) in [6.07, 6.45) is 7.05. The third-order valence-corrected chi connectivity index (χ3v) is 3.38. The van der Waals surface area contributed by atoms with Crippen molar-refractivity contribution in [2.75, 3.05) is 0 Å². The lowest BCUT2D eigenvalue weighted by molar-refractivity contribution is 1.00. The summed E-state index contributed by atoms with van der Waals surface area (Å²) in [6, 6.07) is 16.9. The highest BCUT2D eigenvalue weighted by Crippen LogP contribution is 2.13. The van der Waals surface area contributed by atoms with Crippen LogP contribution in [0.15, 0.2) is 78.6 Å². The monoisotopic (exact) mass is 339 g/mol. The van der Waals surface area contributed by atoms with E-state index in [1.165, 1.54) is 0 Å². The molecule has 0 amide bonds. The van der Waals surface area contributed by atoms with Crippen LogP contribution in [0.5, 0.6) is 0 Å². The summed E-state index contributed by atoms with van der Waals surface area (Å²) >= 11 is 0. The fourth-order valence-electron chi connectivity index (χ4n) is 2.03. The van der Waals surface area contributed by atoms with Crippen molar-refractivity contribution in [2.45, 2.75) is 0 Å². The van der Waals surface area contributed by atoms with Gasteiger partial charge in [-0.15, -0.1) is 0 Å². The molecule has 126 valence electrons. The number of rotatable bonds is 7. The number of hydrogen-bond acceptors (Lipinski definition) is 5. The van der Waals surface area contributed by atoms with Crippen LogP contribution in [0.3, 0.4) is 0 Å². The smallest absolute Gasteiger partial charge is 0.181 e. The molecule has 0 aliphatic heterocycles. The lowest BCUT2D eigenvalue weighted by Crippen LogP contribution is -2.03. The summed E-state index contributed by atoms with van der Waals surface area (Å²) in [4.78, 5) is 0. The number of nitrogens with one attached hydrogen (secondary N) is 2. The molecular weight excluding hydrogens is 322 g/mol. The zero-order chi connectivity index (χ0) is 18.8. The Hall–Kier alpha value is -4.09. The molecule has 0 saturated heterocycles. The van der Waals surface area contributed by atoms with E-state index in [0.717, 1.165) is 16.7 Å². The van der Waals surface area contributed by atoms with Crippen molar-refractivity contribution >= 4 is 18.0 Å². The molecule has 2 rings (SSSR count). The highest BCUT2D eigenvalue weighted by atomic mass is 15.3. The van der Waals surface area contributed by atoms with Crippen LogP contribution in [0, 0.1) is 22.8 Å². The van der Waals surface area contributed by atoms with Gasteiger partial charge in [-0.3, -0.25) is 10.7 Å². The third kappa shape index (κ3) is 5.52. The Balaban J connectivity index is 2.00. The van der Waals surface area contributed by atoms with Crippen LogP contribution in [-0.2, 0) is 0 Å². The van der Waals surface area contributed by atoms with Gasteiger partial charge in [0.1, 0.15) is 0 Å². The number of allylic oxidation sites excluding steroid dienone is 1. The molecule has 2 aromatic rings. The van der Waals surface area contributed by atoms with E-state index in [9.17, 15) is 0 Å². The van der Waals surface area contributed by atoms with Gasteiger partial charge >= 0.3 is 0 Å². The minimum absolute atomic E-state index is 0.516. The molecule has 0 aliphatic carbocycles. The fourth-order valence-corrected chi connectivity index (χ4v) is 2.03. The first-order chi connectivity index (χ1) is 12.6. The van der Waals surface area contributed by atoms with Crippen LogP contribution in [-0.4, -0.2) is 6.21 Å². The highest BCUT2D eigenvalue weighted by molar-refractivity contribution is 5.80. The van der Waals surface area contributed by atoms with Gasteiger partial charge in [0.15, 0.2) is 6.19 Å². The van der Waals surface area contributed by atoms with Gasteiger partial charge in [0.05, 0.1) is 23.5 Å². The second-order valence-electron chi connectivity index (χ2n) is 5.30. The molecule has 5 nitrogen and oxygen atoms in total. The molecule has 0 unspecified atom stereocenters. The van der Waals surface area contributed by atoms with E-state index in [4.69, 9.17) is 10.5 Å². The van der Waals surface area contributed by atoms with E-state index in [0.29, 0.717) is 17.0 Å². The normalized spacial score (nSPS) is 10.2. The van der Waals surface area contributed by atoms with E-state index in [1.807, 2.05) is 48.7 Å². The molecule has 0 aliphatic rings. The van der Waals surface area contributed by atoms with Crippen LogP contribution < -0.4 is 10.7 Å². The Labute approximate surface area is 152 Å². The van der Waals surface area contributed by atoms with Crippen LogP contribution >= 0.6 is 0 Å². The first kappa shape index (κ1) is 18.3. The van der Waals surface area contributed by atoms with Gasteiger partial charge in [-0.1, -0.05) is 49.6 Å². The largest absolute Gasteiger partial charge is 0.293 e. The van der Waals surface area contributed by atoms with Gasteiger partial charge in [0.25, 0.3) is 0 Å². The maximum Gasteiger partial charge on any atom is 0.181 e. The van der Waals surface area contributed by atoms with Crippen molar-refractivity contribution in [3.63, 3.8) is 0 Å². The molecule has 0 atom stereocenters. The summed E-state index contributed by atoms with van der Waals surface area (Å²) in [6.45, 7) is 7.69. The number of benzene rings is 2. The summed E-state index contributed by atoms with van der Waals surface area (Å²) < 4.78 is 0. The first-order valence-electron chi connectivity index (χ1n) is 7.73. The van der Waals surface area contributed by atoms with E-state index >= 15 is 0 Å². The summed E-state index contributed by atoms with van der Waals surface area (Å²) in [5.74, 6) is 0. The van der Waals surface area contributed by atoms with Crippen LogP contribution in [0.25, 0.3) is 11.8 Å². The standard InChI is InChI=1S/C21H17N5/c1-16(24-15-23)6-7-18-4-3-5-21(12-18)17(2)26-25-14-20-10-8-19(13-22)9-11-20/h3-12,14,24,26H,1-2H2/b7-6+,25-14+. The number of nitrogens with zero attached hydrogens (tertiary/aromatic N) is 3. The van der Waals surface area contributed by atoms with Gasteiger partial charge in [-0.05, 0) is 41.0 Å². The molecule has 26 heavy (non-hydrogen) atoms. The predicted octanol–water partition coefficient (Wildman–Crippen LogP) is 3.75. The molecule has 2 aromatic carbocycles. The predicted molar refractivity (Wildman–Crippen MR) is 104 cm³/mol. The molecule has 0 heterocycles. The van der Waals surface area contributed by atoms with Crippen molar-refractivity contribution in [3.8, 4) is 12.3 Å². The Kier molecular flexibility index (Phi) is 6.50. The summed E-state index contributed by atoms with van der Waals surface area (Å²) in [7, 11) is 0. The highest BCUT2D eigenvalue weighted by Gasteiger charge is 1.98. The average molecular weight is 339 g/mol. The summed E-state index contributed by atoms with van der Waals surface area (Å²) in [5, 5.41) is 24.0. The minimum Gasteiger partial charge on any atom is -0.293 e. The quantitative estimate of drug-likeness (QED) is 0.264. The average Bonchev–Trinajstić information content (AvgIpc) is 2.67. The third-order valence-electron chi connectivity index (χ3n) is 3.38. The summed E-state index contributed by atoms with van der Waals surface area (Å²) in [5.41, 5.74) is 7.39. The molecule has 0 spiro atoms. The Bertz CT molecular complexity index is 938. The Morgan fingerprint density at radius 1 is 1.04 bits per heavy atom. The van der Waals surface area contributed by atoms with Crippen molar-refractivity contribution in [1.29, 1.82) is 10.5 Å². The van der Waals surface area contributed by atoms with Crippen LogP contribution in [0.4, 0.5) is 0 Å². The van der Waals surface area contributed by atoms with Crippen molar-refractivity contribution in [3.05, 3.63) is 95.7 Å². The molecule has 0 radical (unpaired) electrons. The second-order valence-corrected chi connectivity index (χ2v) is 5.30. The second kappa shape index (κ2) is 9.27. The van der Waals surface area contributed by atoms with E-state index in [-0.39, 0.29) is 0 Å². The number of hydrogen-bond donors (Lipinski definition) is 2. The number of nitriles is 2. The van der Waals surface area contributed by atoms with E-state index in [2.05, 4.69) is 35.1 Å². The van der Waals surface area contributed by atoms with Gasteiger partial charge in [-0.25, -0.2) is 0 Å². The molecule has 0 aromatic heterocycles. The van der Waals surface area contributed by atoms with Crippen molar-refractivity contribution < 1.29 is 0 Å². The number of hydrazone groups is 1. The first-order valence-corrected chi connectivity index (χ1v) is 7.73. The molecule has 0 saturated carbocycles. The topological polar surface area (TPSA) is 84.0 Å². The molecular formula is C21H17N5. The SMILES string of the molecule is C=C(/C=C/c1cccc(C(=C)N/N=C/c2ccc(C#N)cc2)c1)NC#N. The van der Waals surface area contributed by atoms with E-state index in [1.54, 1.807) is 24.4 Å². The van der Waals surface area contributed by atoms with Crippen molar-refractivity contribution in [2.24, 2.45) is 5.10 Å². The Morgan fingerprint density at radius 3 is 2.50 bits per heavy atom. The van der Waals surface area contributed by atoms with Gasteiger partial charge in [0, 0.05) is 5.70 Å². The van der Waals surface area contributed by atoms with E-state index < -0.39 is 0 Å². The van der Waals surface area contributed by atoms with Crippen LogP contribution in [0.1, 0.15) is 22.3 Å². The maximum absolute atomic E-state index is 8.79. The zero-order valence-corrected chi connectivity index (χ0v) is 14.1. The molecule has 5 heteroatoms. The molecule has 0 fully saturated rings. The van der Waals surface area contributed by atoms with Gasteiger partial charge in [-0.2, -0.15) is 15.6 Å². The van der Waals surface area contributed by atoms with Crippen molar-refractivity contribution in [1.82, 2.24) is 10.7 Å². The zero-order valence-electron chi connectivity index (χ0n) is 14.1. The lowest BCUT2D eigenvalue weighted by Gasteiger charge is -2.06. The fraction of sp³-hybridized carbons (Fsp3) is 0. The molecule has 2 N–H and O–H groups in total. The maximum atomic E-state index is 8.79. The van der Waals surface area contributed by atoms with Crippen LogP contribution in [0.2, 0.25) is 0 Å². The molecule has 0 bridgehead atoms. The lowest BCUT2D eigenvalue weighted by atomic mass is 10.1.